The minimum atomic E-state index is -0.190. The maximum absolute atomic E-state index is 12.4. The molecular formula is C20H29N5O. The molecule has 0 unspecified atom stereocenters. The van der Waals surface area contributed by atoms with E-state index < -0.39 is 0 Å². The number of hydrogen-bond acceptors (Lipinski definition) is 5. The molecule has 6 heteroatoms. The average molecular weight is 355 g/mol. The largest absolute Gasteiger partial charge is 0.349 e. The van der Waals surface area contributed by atoms with E-state index in [0.29, 0.717) is 18.2 Å². The Hall–Kier alpha value is -2.47. The van der Waals surface area contributed by atoms with E-state index >= 15 is 0 Å². The average Bonchev–Trinajstić information content (AvgIpc) is 2.53. The molecule has 0 atom stereocenters. The number of para-hydroxylation sites is 1. The van der Waals surface area contributed by atoms with Crippen molar-refractivity contribution in [3.05, 3.63) is 47.3 Å². The van der Waals surface area contributed by atoms with Crippen LogP contribution < -0.4 is 10.6 Å². The van der Waals surface area contributed by atoms with Gasteiger partial charge in [0.05, 0.1) is 0 Å². The van der Waals surface area contributed by atoms with Crippen molar-refractivity contribution in [1.82, 2.24) is 20.2 Å². The first-order valence-electron chi connectivity index (χ1n) is 8.82. The van der Waals surface area contributed by atoms with Crippen LogP contribution in [0.15, 0.2) is 30.3 Å². The van der Waals surface area contributed by atoms with Gasteiger partial charge in [0.15, 0.2) is 0 Å². The van der Waals surface area contributed by atoms with Crippen LogP contribution in [0.4, 0.5) is 11.6 Å². The van der Waals surface area contributed by atoms with E-state index in [1.54, 1.807) is 6.07 Å². The van der Waals surface area contributed by atoms with E-state index in [9.17, 15) is 4.79 Å². The van der Waals surface area contributed by atoms with Crippen LogP contribution in [0.3, 0.4) is 0 Å². The standard InChI is InChI=1S/C20H29N5O/c1-14-13-17(18(26)21-11-12-25(5)6)24-19(22-14)23-16-10-8-7-9-15(16)20(2,3)4/h7-10,13H,11-12H2,1-6H3,(H,21,26)(H,22,23,24). The molecule has 6 nitrogen and oxygen atoms in total. The van der Waals surface area contributed by atoms with Crippen LogP contribution in [0.1, 0.15) is 42.5 Å². The second-order valence-corrected chi connectivity index (χ2v) is 7.70. The highest BCUT2D eigenvalue weighted by molar-refractivity contribution is 5.92. The number of aromatic nitrogens is 2. The van der Waals surface area contributed by atoms with Crippen LogP contribution in [0.5, 0.6) is 0 Å². The summed E-state index contributed by atoms with van der Waals surface area (Å²) in [4.78, 5) is 23.2. The highest BCUT2D eigenvalue weighted by atomic mass is 16.1. The van der Waals surface area contributed by atoms with Gasteiger partial charge in [0, 0.05) is 24.5 Å². The van der Waals surface area contributed by atoms with Crippen LogP contribution in [0.2, 0.25) is 0 Å². The molecule has 0 saturated heterocycles. The molecule has 2 rings (SSSR count). The molecule has 1 amide bonds. The fraction of sp³-hybridized carbons (Fsp3) is 0.450. The monoisotopic (exact) mass is 355 g/mol. The molecule has 140 valence electrons. The van der Waals surface area contributed by atoms with Gasteiger partial charge in [-0.1, -0.05) is 39.0 Å². The van der Waals surface area contributed by atoms with Crippen molar-refractivity contribution >= 4 is 17.5 Å². The number of anilines is 2. The maximum atomic E-state index is 12.4. The number of rotatable bonds is 6. The molecule has 1 aromatic carbocycles. The van der Waals surface area contributed by atoms with Crippen molar-refractivity contribution in [2.24, 2.45) is 0 Å². The summed E-state index contributed by atoms with van der Waals surface area (Å²) < 4.78 is 0. The molecule has 0 aliphatic carbocycles. The van der Waals surface area contributed by atoms with Gasteiger partial charge in [-0.15, -0.1) is 0 Å². The maximum Gasteiger partial charge on any atom is 0.270 e. The predicted molar refractivity (Wildman–Crippen MR) is 106 cm³/mol. The van der Waals surface area contributed by atoms with E-state index in [4.69, 9.17) is 0 Å². The Morgan fingerprint density at radius 3 is 2.50 bits per heavy atom. The van der Waals surface area contributed by atoms with Crippen molar-refractivity contribution in [1.29, 1.82) is 0 Å². The fourth-order valence-corrected chi connectivity index (χ4v) is 2.59. The predicted octanol–water partition coefficient (Wildman–Crippen LogP) is 3.12. The van der Waals surface area contributed by atoms with E-state index in [1.807, 2.05) is 44.1 Å². The number of amides is 1. The molecule has 2 aromatic rings. The minimum Gasteiger partial charge on any atom is -0.349 e. The van der Waals surface area contributed by atoms with Gasteiger partial charge in [-0.3, -0.25) is 4.79 Å². The first-order valence-corrected chi connectivity index (χ1v) is 8.82. The quantitative estimate of drug-likeness (QED) is 0.833. The fourth-order valence-electron chi connectivity index (χ4n) is 2.59. The Morgan fingerprint density at radius 1 is 1.15 bits per heavy atom. The van der Waals surface area contributed by atoms with Crippen molar-refractivity contribution in [2.75, 3.05) is 32.5 Å². The zero-order valence-corrected chi connectivity index (χ0v) is 16.6. The Bertz CT molecular complexity index is 765. The third-order valence-corrected chi connectivity index (χ3v) is 3.91. The van der Waals surface area contributed by atoms with Gasteiger partial charge < -0.3 is 15.5 Å². The number of hydrogen-bond donors (Lipinski definition) is 2. The smallest absolute Gasteiger partial charge is 0.270 e. The second kappa shape index (κ2) is 8.27. The van der Waals surface area contributed by atoms with Crippen LogP contribution in [-0.4, -0.2) is 48.0 Å². The summed E-state index contributed by atoms with van der Waals surface area (Å²) in [5.41, 5.74) is 3.21. The number of benzene rings is 1. The normalized spacial score (nSPS) is 11.5. The summed E-state index contributed by atoms with van der Waals surface area (Å²) in [6, 6.07) is 9.79. The van der Waals surface area contributed by atoms with Gasteiger partial charge in [-0.25, -0.2) is 9.97 Å². The molecule has 0 spiro atoms. The lowest BCUT2D eigenvalue weighted by Crippen LogP contribution is -2.32. The van der Waals surface area contributed by atoms with Gasteiger partial charge in [0.2, 0.25) is 5.95 Å². The molecule has 0 aliphatic rings. The lowest BCUT2D eigenvalue weighted by atomic mass is 9.86. The van der Waals surface area contributed by atoms with Gasteiger partial charge in [-0.2, -0.15) is 0 Å². The number of nitrogens with zero attached hydrogens (tertiary/aromatic N) is 3. The van der Waals surface area contributed by atoms with Gasteiger partial charge in [-0.05, 0) is 44.1 Å². The van der Waals surface area contributed by atoms with Crippen LogP contribution >= 0.6 is 0 Å². The van der Waals surface area contributed by atoms with E-state index in [2.05, 4.69) is 47.4 Å². The van der Waals surface area contributed by atoms with Crippen molar-refractivity contribution in [3.63, 3.8) is 0 Å². The number of aryl methyl sites for hydroxylation is 1. The number of likely N-dealkylation sites (N-methyl/N-ethyl adjacent to an activating group) is 1. The lowest BCUT2D eigenvalue weighted by molar-refractivity contribution is 0.0946. The Balaban J connectivity index is 2.22. The Morgan fingerprint density at radius 2 is 1.85 bits per heavy atom. The molecule has 0 saturated carbocycles. The molecule has 0 bridgehead atoms. The summed E-state index contributed by atoms with van der Waals surface area (Å²) >= 11 is 0. The van der Waals surface area contributed by atoms with Crippen molar-refractivity contribution in [3.8, 4) is 0 Å². The zero-order valence-electron chi connectivity index (χ0n) is 16.6. The molecule has 0 aliphatic heterocycles. The number of carbonyl (C=O) groups excluding carboxylic acids is 1. The van der Waals surface area contributed by atoms with Crippen LogP contribution in [0, 0.1) is 6.92 Å². The molecule has 2 N–H and O–H groups in total. The molecule has 0 fully saturated rings. The minimum absolute atomic E-state index is 0.0141. The zero-order chi connectivity index (χ0) is 19.3. The van der Waals surface area contributed by atoms with Gasteiger partial charge in [0.1, 0.15) is 5.69 Å². The van der Waals surface area contributed by atoms with Crippen LogP contribution in [0.25, 0.3) is 0 Å². The van der Waals surface area contributed by atoms with Gasteiger partial charge in [0.25, 0.3) is 5.91 Å². The molecule has 1 aromatic heterocycles. The van der Waals surface area contributed by atoms with Crippen LogP contribution in [-0.2, 0) is 5.41 Å². The van der Waals surface area contributed by atoms with E-state index in [1.165, 1.54) is 5.56 Å². The summed E-state index contributed by atoms with van der Waals surface area (Å²) in [7, 11) is 3.94. The summed E-state index contributed by atoms with van der Waals surface area (Å²) in [6.07, 6.45) is 0. The van der Waals surface area contributed by atoms with E-state index in [-0.39, 0.29) is 11.3 Å². The SMILES string of the molecule is Cc1cc(C(=O)NCCN(C)C)nc(Nc2ccccc2C(C)(C)C)n1. The number of nitrogens with one attached hydrogen (secondary N) is 2. The molecule has 1 heterocycles. The Kier molecular flexibility index (Phi) is 6.32. The topological polar surface area (TPSA) is 70.2 Å². The lowest BCUT2D eigenvalue weighted by Gasteiger charge is -2.23. The second-order valence-electron chi connectivity index (χ2n) is 7.70. The number of carbonyl (C=O) groups is 1. The highest BCUT2D eigenvalue weighted by Gasteiger charge is 2.18. The first-order chi connectivity index (χ1) is 12.2. The summed E-state index contributed by atoms with van der Waals surface area (Å²) in [5, 5.41) is 6.16. The third kappa shape index (κ3) is 5.52. The van der Waals surface area contributed by atoms with Crippen molar-refractivity contribution < 1.29 is 4.79 Å². The summed E-state index contributed by atoms with van der Waals surface area (Å²) in [6.45, 7) is 9.69. The molecule has 0 radical (unpaired) electrons. The Labute approximate surface area is 156 Å². The van der Waals surface area contributed by atoms with E-state index in [0.717, 1.165) is 17.9 Å². The highest BCUT2D eigenvalue weighted by Crippen LogP contribution is 2.30. The molecule has 26 heavy (non-hydrogen) atoms. The first kappa shape index (κ1) is 19.8. The third-order valence-electron chi connectivity index (χ3n) is 3.91. The van der Waals surface area contributed by atoms with Gasteiger partial charge >= 0.3 is 0 Å². The van der Waals surface area contributed by atoms with Crippen molar-refractivity contribution in [2.45, 2.75) is 33.1 Å². The molecular weight excluding hydrogens is 326 g/mol. The summed E-state index contributed by atoms with van der Waals surface area (Å²) in [5.74, 6) is 0.240.